The van der Waals surface area contributed by atoms with Gasteiger partial charge in [0, 0.05) is 5.92 Å². The Labute approximate surface area is 173 Å². The maximum atomic E-state index is 12.3. The molecule has 0 aromatic heterocycles. The minimum atomic E-state index is -1.34. The lowest BCUT2D eigenvalue weighted by molar-refractivity contribution is -0.142. The van der Waals surface area contributed by atoms with E-state index in [-0.39, 0.29) is 12.5 Å². The van der Waals surface area contributed by atoms with E-state index in [1.807, 2.05) is 48.5 Å². The number of alkyl carbamates (subject to hydrolysis) is 1. The first kappa shape index (κ1) is 21.3. The third kappa shape index (κ3) is 4.44. The van der Waals surface area contributed by atoms with Crippen LogP contribution in [0.25, 0.3) is 11.1 Å². The molecule has 8 nitrogen and oxygen atoms in total. The lowest BCUT2D eigenvalue weighted by Crippen LogP contribution is -2.55. The van der Waals surface area contributed by atoms with Crippen LogP contribution in [0.15, 0.2) is 48.5 Å². The monoisotopic (exact) mass is 412 g/mol. The molecular formula is C22H24N2O6. The van der Waals surface area contributed by atoms with Crippen LogP contribution in [-0.4, -0.2) is 53.0 Å². The first-order valence-corrected chi connectivity index (χ1v) is 9.62. The summed E-state index contributed by atoms with van der Waals surface area (Å²) >= 11 is 0. The van der Waals surface area contributed by atoms with E-state index in [0.717, 1.165) is 22.3 Å². The quantitative estimate of drug-likeness (QED) is 0.550. The lowest BCUT2D eigenvalue weighted by Gasteiger charge is -2.22. The van der Waals surface area contributed by atoms with E-state index in [1.54, 1.807) is 0 Å². The van der Waals surface area contributed by atoms with Crippen LogP contribution in [0.5, 0.6) is 0 Å². The topological polar surface area (TPSA) is 125 Å². The van der Waals surface area contributed by atoms with E-state index >= 15 is 0 Å². The number of carboxylic acids is 1. The summed E-state index contributed by atoms with van der Waals surface area (Å²) < 4.78 is 5.37. The van der Waals surface area contributed by atoms with Crippen molar-refractivity contribution in [2.75, 3.05) is 6.61 Å². The van der Waals surface area contributed by atoms with Crippen molar-refractivity contribution >= 4 is 18.0 Å². The van der Waals surface area contributed by atoms with Gasteiger partial charge in [0.25, 0.3) is 0 Å². The van der Waals surface area contributed by atoms with Gasteiger partial charge in [0.05, 0.1) is 6.10 Å². The first-order chi connectivity index (χ1) is 14.3. The summed E-state index contributed by atoms with van der Waals surface area (Å²) in [6.07, 6.45) is -2.12. The summed E-state index contributed by atoms with van der Waals surface area (Å²) in [6.45, 7) is 2.66. The molecule has 0 heterocycles. The van der Waals surface area contributed by atoms with E-state index in [0.29, 0.717) is 0 Å². The summed E-state index contributed by atoms with van der Waals surface area (Å²) in [5.74, 6) is -2.18. The fourth-order valence-corrected chi connectivity index (χ4v) is 3.54. The minimum absolute atomic E-state index is 0.0551. The molecule has 0 spiro atoms. The van der Waals surface area contributed by atoms with Crippen molar-refractivity contribution in [3.63, 3.8) is 0 Å². The smallest absolute Gasteiger partial charge is 0.407 e. The molecule has 0 unspecified atom stereocenters. The van der Waals surface area contributed by atoms with E-state index in [1.165, 1.54) is 13.8 Å². The zero-order chi connectivity index (χ0) is 21.8. The van der Waals surface area contributed by atoms with Gasteiger partial charge in [-0.25, -0.2) is 4.79 Å². The van der Waals surface area contributed by atoms with E-state index in [9.17, 15) is 19.5 Å². The summed E-state index contributed by atoms with van der Waals surface area (Å²) in [5.41, 5.74) is 4.27. The Morgan fingerprint density at radius 1 is 0.967 bits per heavy atom. The van der Waals surface area contributed by atoms with Gasteiger partial charge >= 0.3 is 12.1 Å². The molecule has 0 aliphatic heterocycles. The summed E-state index contributed by atoms with van der Waals surface area (Å²) in [6, 6.07) is 13.3. The zero-order valence-electron chi connectivity index (χ0n) is 16.7. The predicted molar refractivity (Wildman–Crippen MR) is 109 cm³/mol. The van der Waals surface area contributed by atoms with Gasteiger partial charge in [-0.3, -0.25) is 9.59 Å². The molecule has 0 bridgehead atoms. The Morgan fingerprint density at radius 2 is 1.50 bits per heavy atom. The van der Waals surface area contributed by atoms with Crippen LogP contribution >= 0.6 is 0 Å². The molecule has 3 rings (SSSR count). The van der Waals surface area contributed by atoms with E-state index in [4.69, 9.17) is 9.84 Å². The largest absolute Gasteiger partial charge is 0.480 e. The van der Waals surface area contributed by atoms with Crippen LogP contribution in [0.4, 0.5) is 4.79 Å². The second-order valence-electron chi connectivity index (χ2n) is 7.26. The maximum Gasteiger partial charge on any atom is 0.407 e. The molecule has 1 aliphatic rings. The lowest BCUT2D eigenvalue weighted by atomic mass is 9.98. The van der Waals surface area contributed by atoms with Gasteiger partial charge in [0.15, 0.2) is 0 Å². The number of amides is 2. The fourth-order valence-electron chi connectivity index (χ4n) is 3.54. The Bertz CT molecular complexity index is 913. The van der Waals surface area contributed by atoms with E-state index < -0.39 is 36.2 Å². The van der Waals surface area contributed by atoms with Crippen molar-refractivity contribution in [3.05, 3.63) is 59.7 Å². The molecule has 0 fully saturated rings. The van der Waals surface area contributed by atoms with Crippen molar-refractivity contribution in [1.29, 1.82) is 0 Å². The van der Waals surface area contributed by atoms with Crippen molar-refractivity contribution in [2.24, 2.45) is 0 Å². The number of carboxylic acid groups (broad SMARTS) is 1. The molecule has 4 N–H and O–H groups in total. The highest BCUT2D eigenvalue weighted by Crippen LogP contribution is 2.44. The molecule has 3 atom stereocenters. The average Bonchev–Trinajstić information content (AvgIpc) is 3.04. The highest BCUT2D eigenvalue weighted by molar-refractivity contribution is 5.89. The molecule has 0 radical (unpaired) electrons. The zero-order valence-corrected chi connectivity index (χ0v) is 16.7. The summed E-state index contributed by atoms with van der Waals surface area (Å²) in [7, 11) is 0. The van der Waals surface area contributed by atoms with Crippen molar-refractivity contribution in [1.82, 2.24) is 10.6 Å². The van der Waals surface area contributed by atoms with Crippen molar-refractivity contribution < 1.29 is 29.3 Å². The second kappa shape index (κ2) is 8.96. The molecule has 2 amide bonds. The number of aliphatic carboxylic acids is 1. The van der Waals surface area contributed by atoms with Crippen LogP contribution < -0.4 is 10.6 Å². The SMILES string of the molecule is C[C@H](NC(=O)[C@@H](NC(=O)OCC1c2ccccc2-c2ccccc21)[C@@H](C)O)C(=O)O. The Hall–Kier alpha value is -3.39. The van der Waals surface area contributed by atoms with E-state index in [2.05, 4.69) is 10.6 Å². The van der Waals surface area contributed by atoms with Gasteiger partial charge in [0.1, 0.15) is 18.7 Å². The number of carbonyl (C=O) groups excluding carboxylic acids is 2. The first-order valence-electron chi connectivity index (χ1n) is 9.62. The van der Waals surface area contributed by atoms with Gasteiger partial charge < -0.3 is 25.6 Å². The van der Waals surface area contributed by atoms with Crippen LogP contribution in [0.3, 0.4) is 0 Å². The predicted octanol–water partition coefficient (Wildman–Crippen LogP) is 1.86. The van der Waals surface area contributed by atoms with Crippen LogP contribution in [0, 0.1) is 0 Å². The molecule has 158 valence electrons. The van der Waals surface area contributed by atoms with Gasteiger partial charge in [-0.1, -0.05) is 48.5 Å². The normalized spacial score (nSPS) is 15.3. The molecule has 1 aliphatic carbocycles. The van der Waals surface area contributed by atoms with Crippen molar-refractivity contribution in [2.45, 2.75) is 38.0 Å². The van der Waals surface area contributed by atoms with Crippen LogP contribution in [0.2, 0.25) is 0 Å². The number of benzene rings is 2. The number of aliphatic hydroxyl groups excluding tert-OH is 1. The highest BCUT2D eigenvalue weighted by Gasteiger charge is 2.31. The molecule has 2 aromatic rings. The molecule has 30 heavy (non-hydrogen) atoms. The Morgan fingerprint density at radius 3 is 2.00 bits per heavy atom. The number of rotatable bonds is 7. The number of hydrogen-bond donors (Lipinski definition) is 4. The summed E-state index contributed by atoms with van der Waals surface area (Å²) in [4.78, 5) is 35.5. The molecule has 8 heteroatoms. The number of nitrogens with one attached hydrogen (secondary N) is 2. The average molecular weight is 412 g/mol. The maximum absolute atomic E-state index is 12.3. The van der Waals surface area contributed by atoms with Crippen molar-refractivity contribution in [3.8, 4) is 11.1 Å². The number of fused-ring (bicyclic) bond motifs is 3. The minimum Gasteiger partial charge on any atom is -0.480 e. The molecule has 2 aromatic carbocycles. The molecule has 0 saturated carbocycles. The number of hydrogen-bond acceptors (Lipinski definition) is 5. The van der Waals surface area contributed by atoms with Gasteiger partial charge in [-0.2, -0.15) is 0 Å². The van der Waals surface area contributed by atoms with Gasteiger partial charge in [-0.15, -0.1) is 0 Å². The standard InChI is InChI=1S/C22H24N2O6/c1-12(21(27)28)23-20(26)19(13(2)25)24-22(29)30-11-18-16-9-5-3-7-14(16)15-8-4-6-10-17(15)18/h3-10,12-13,18-19,25H,11H2,1-2H3,(H,23,26)(H,24,29)(H,27,28)/t12-,13+,19-/m0/s1. The Kier molecular flexibility index (Phi) is 6.37. The second-order valence-corrected chi connectivity index (χ2v) is 7.26. The number of carbonyl (C=O) groups is 3. The number of ether oxygens (including phenoxy) is 1. The highest BCUT2D eigenvalue weighted by atomic mass is 16.5. The van der Waals surface area contributed by atoms with Gasteiger partial charge in [-0.05, 0) is 36.1 Å². The van der Waals surface area contributed by atoms with Crippen LogP contribution in [0.1, 0.15) is 30.9 Å². The molecular weight excluding hydrogens is 388 g/mol. The third-order valence-corrected chi connectivity index (χ3v) is 5.11. The third-order valence-electron chi connectivity index (χ3n) is 5.11. The Balaban J connectivity index is 1.66. The van der Waals surface area contributed by atoms with Gasteiger partial charge in [0.2, 0.25) is 5.91 Å². The number of aliphatic hydroxyl groups is 1. The summed E-state index contributed by atoms with van der Waals surface area (Å²) in [5, 5.41) is 23.3. The van der Waals surface area contributed by atoms with Crippen LogP contribution in [-0.2, 0) is 14.3 Å². The fraction of sp³-hybridized carbons (Fsp3) is 0.318. The molecule has 0 saturated heterocycles.